The van der Waals surface area contributed by atoms with Crippen LogP contribution in [0.15, 0.2) is 29.3 Å². The van der Waals surface area contributed by atoms with E-state index in [4.69, 9.17) is 9.73 Å². The van der Waals surface area contributed by atoms with Gasteiger partial charge in [-0.1, -0.05) is 12.1 Å². The summed E-state index contributed by atoms with van der Waals surface area (Å²) in [7, 11) is 8.04. The number of guanidine groups is 1. The highest BCUT2D eigenvalue weighted by atomic mass is 127. The maximum atomic E-state index is 5.42. The van der Waals surface area contributed by atoms with Crippen molar-refractivity contribution in [2.24, 2.45) is 4.99 Å². The summed E-state index contributed by atoms with van der Waals surface area (Å²) in [6.07, 6.45) is 0. The molecule has 0 atom stereocenters. The topological polar surface area (TPSA) is 31.3 Å². The fourth-order valence-corrected chi connectivity index (χ4v) is 2.34. The predicted octanol–water partition coefficient (Wildman–Crippen LogP) is 2.25. The maximum Gasteiger partial charge on any atom is 0.200 e. The summed E-state index contributed by atoms with van der Waals surface area (Å²) in [5.41, 5.74) is 2.18. The van der Waals surface area contributed by atoms with Gasteiger partial charge in [-0.2, -0.15) is 0 Å². The zero-order valence-corrected chi connectivity index (χ0v) is 15.6. The summed E-state index contributed by atoms with van der Waals surface area (Å²) in [5, 5.41) is 0. The van der Waals surface area contributed by atoms with Crippen molar-refractivity contribution in [2.75, 3.05) is 59.4 Å². The second-order valence-electron chi connectivity index (χ2n) is 5.29. The summed E-state index contributed by atoms with van der Waals surface area (Å²) in [6, 6.07) is 8.30. The van der Waals surface area contributed by atoms with Crippen LogP contribution >= 0.6 is 24.0 Å². The van der Waals surface area contributed by atoms with E-state index in [-0.39, 0.29) is 24.0 Å². The summed E-state index contributed by atoms with van der Waals surface area (Å²) in [4.78, 5) is 11.2. The lowest BCUT2D eigenvalue weighted by molar-refractivity contribution is 0.123. The molecule has 0 saturated carbocycles. The van der Waals surface area contributed by atoms with Crippen LogP contribution in [0.25, 0.3) is 0 Å². The van der Waals surface area contributed by atoms with Crippen LogP contribution in [0.4, 0.5) is 11.4 Å². The molecule has 0 aliphatic carbocycles. The van der Waals surface area contributed by atoms with Gasteiger partial charge in [0.25, 0.3) is 0 Å². The Hall–Kier alpha value is -1.02. The molecule has 0 N–H and O–H groups in total. The summed E-state index contributed by atoms with van der Waals surface area (Å²) < 4.78 is 5.42. The molecule has 118 valence electrons. The van der Waals surface area contributed by atoms with E-state index in [1.54, 1.807) is 0 Å². The molecule has 1 aromatic rings. The van der Waals surface area contributed by atoms with Gasteiger partial charge in [0.05, 0.1) is 24.6 Å². The third kappa shape index (κ3) is 4.74. The Labute approximate surface area is 144 Å². The van der Waals surface area contributed by atoms with Gasteiger partial charge in [0.1, 0.15) is 0 Å². The molecular formula is C15H25IN4O. The van der Waals surface area contributed by atoms with Crippen molar-refractivity contribution in [1.29, 1.82) is 0 Å². The van der Waals surface area contributed by atoms with Crippen LogP contribution in [0.3, 0.4) is 0 Å². The van der Waals surface area contributed by atoms with E-state index in [1.165, 1.54) is 5.69 Å². The van der Waals surface area contributed by atoms with E-state index in [1.807, 2.05) is 44.1 Å². The SMILES string of the molecule is CN(C)C(=Nc1ccccc1N1CCOCC1)N(C)C.I. The lowest BCUT2D eigenvalue weighted by Gasteiger charge is -2.30. The van der Waals surface area contributed by atoms with E-state index in [0.717, 1.165) is 38.0 Å². The number of halogens is 1. The largest absolute Gasteiger partial charge is 0.378 e. The molecule has 1 aromatic carbocycles. The lowest BCUT2D eigenvalue weighted by atomic mass is 10.2. The maximum absolute atomic E-state index is 5.42. The minimum absolute atomic E-state index is 0. The second kappa shape index (κ2) is 8.43. The first-order valence-corrected chi connectivity index (χ1v) is 6.94. The minimum atomic E-state index is 0. The molecule has 5 nitrogen and oxygen atoms in total. The van der Waals surface area contributed by atoms with Gasteiger partial charge < -0.3 is 19.4 Å². The van der Waals surface area contributed by atoms with Crippen LogP contribution < -0.4 is 4.90 Å². The van der Waals surface area contributed by atoms with Crippen molar-refractivity contribution in [1.82, 2.24) is 9.80 Å². The third-order valence-electron chi connectivity index (χ3n) is 3.25. The van der Waals surface area contributed by atoms with Crippen LogP contribution in [0.2, 0.25) is 0 Å². The molecule has 0 unspecified atom stereocenters. The summed E-state index contributed by atoms with van der Waals surface area (Å²) >= 11 is 0. The fourth-order valence-electron chi connectivity index (χ4n) is 2.34. The fraction of sp³-hybridized carbons (Fsp3) is 0.533. The first-order valence-electron chi connectivity index (χ1n) is 6.94. The molecule has 2 rings (SSSR count). The first-order chi connectivity index (χ1) is 9.59. The molecule has 1 aliphatic heterocycles. The Morgan fingerprint density at radius 2 is 1.62 bits per heavy atom. The number of benzene rings is 1. The molecule has 1 heterocycles. The molecule has 0 spiro atoms. The smallest absolute Gasteiger partial charge is 0.200 e. The number of hydrogen-bond donors (Lipinski definition) is 0. The number of hydrogen-bond acceptors (Lipinski definition) is 3. The van der Waals surface area contributed by atoms with Gasteiger partial charge >= 0.3 is 0 Å². The number of anilines is 1. The standard InChI is InChI=1S/C15H24N4O.HI/c1-17(2)15(18(3)4)16-13-7-5-6-8-14(13)19-9-11-20-12-10-19;/h5-8H,9-12H2,1-4H3;1H. The Kier molecular flexibility index (Phi) is 7.24. The Bertz CT molecular complexity index is 460. The molecule has 0 radical (unpaired) electrons. The lowest BCUT2D eigenvalue weighted by Crippen LogP contribution is -2.37. The van der Waals surface area contributed by atoms with E-state index in [9.17, 15) is 0 Å². The molecule has 1 fully saturated rings. The number of ether oxygens (including phenoxy) is 1. The van der Waals surface area contributed by atoms with E-state index < -0.39 is 0 Å². The third-order valence-corrected chi connectivity index (χ3v) is 3.25. The number of para-hydroxylation sites is 2. The van der Waals surface area contributed by atoms with Crippen molar-refractivity contribution in [2.45, 2.75) is 0 Å². The number of nitrogens with zero attached hydrogens (tertiary/aromatic N) is 4. The van der Waals surface area contributed by atoms with Crippen molar-refractivity contribution in [3.05, 3.63) is 24.3 Å². The Balaban J connectivity index is 0.00000220. The molecule has 21 heavy (non-hydrogen) atoms. The van der Waals surface area contributed by atoms with Gasteiger partial charge in [-0.15, -0.1) is 24.0 Å². The predicted molar refractivity (Wildman–Crippen MR) is 99.4 cm³/mol. The molecule has 1 aliphatic rings. The Morgan fingerprint density at radius 1 is 1.05 bits per heavy atom. The van der Waals surface area contributed by atoms with Crippen molar-refractivity contribution in [3.63, 3.8) is 0 Å². The van der Waals surface area contributed by atoms with Crippen LogP contribution in [-0.4, -0.2) is 70.3 Å². The van der Waals surface area contributed by atoms with E-state index >= 15 is 0 Å². The average Bonchev–Trinajstić information content (AvgIpc) is 2.45. The van der Waals surface area contributed by atoms with Gasteiger partial charge in [-0.25, -0.2) is 4.99 Å². The molecule has 0 amide bonds. The normalized spacial score (nSPS) is 14.2. The highest BCUT2D eigenvalue weighted by molar-refractivity contribution is 14.0. The summed E-state index contributed by atoms with van der Waals surface area (Å²) in [6.45, 7) is 3.41. The van der Waals surface area contributed by atoms with Gasteiger partial charge in [0.2, 0.25) is 5.96 Å². The van der Waals surface area contributed by atoms with Gasteiger partial charge in [-0.3, -0.25) is 0 Å². The number of aliphatic imine (C=N–C) groups is 1. The van der Waals surface area contributed by atoms with Gasteiger partial charge in [-0.05, 0) is 12.1 Å². The monoisotopic (exact) mass is 404 g/mol. The van der Waals surface area contributed by atoms with E-state index in [2.05, 4.69) is 23.1 Å². The molecular weight excluding hydrogens is 379 g/mol. The first kappa shape index (κ1) is 18.0. The highest BCUT2D eigenvalue weighted by Crippen LogP contribution is 2.29. The van der Waals surface area contributed by atoms with E-state index in [0.29, 0.717) is 0 Å². The second-order valence-corrected chi connectivity index (χ2v) is 5.29. The average molecular weight is 404 g/mol. The number of rotatable bonds is 2. The Morgan fingerprint density at radius 3 is 2.19 bits per heavy atom. The van der Waals surface area contributed by atoms with Crippen LogP contribution in [-0.2, 0) is 4.74 Å². The van der Waals surface area contributed by atoms with Gasteiger partial charge in [0.15, 0.2) is 0 Å². The highest BCUT2D eigenvalue weighted by Gasteiger charge is 2.15. The van der Waals surface area contributed by atoms with Crippen molar-refractivity contribution >= 4 is 41.3 Å². The zero-order chi connectivity index (χ0) is 14.5. The van der Waals surface area contributed by atoms with Crippen LogP contribution in [0, 0.1) is 0 Å². The summed E-state index contributed by atoms with van der Waals surface area (Å²) in [5.74, 6) is 0.936. The zero-order valence-electron chi connectivity index (χ0n) is 13.2. The minimum Gasteiger partial charge on any atom is -0.378 e. The molecule has 1 saturated heterocycles. The van der Waals surface area contributed by atoms with Crippen molar-refractivity contribution in [3.8, 4) is 0 Å². The molecule has 6 heteroatoms. The van der Waals surface area contributed by atoms with Crippen LogP contribution in [0.5, 0.6) is 0 Å². The molecule has 0 bridgehead atoms. The quantitative estimate of drug-likeness (QED) is 0.430. The van der Waals surface area contributed by atoms with Gasteiger partial charge in [0, 0.05) is 41.3 Å². The van der Waals surface area contributed by atoms with Crippen molar-refractivity contribution < 1.29 is 4.74 Å². The van der Waals surface area contributed by atoms with Crippen LogP contribution in [0.1, 0.15) is 0 Å². The molecule has 0 aromatic heterocycles. The number of morpholine rings is 1.